The lowest BCUT2D eigenvalue weighted by Crippen LogP contribution is -2.34. The first-order valence-corrected chi connectivity index (χ1v) is 9.71. The van der Waals surface area contributed by atoms with E-state index in [1.165, 1.54) is 37.4 Å². The van der Waals surface area contributed by atoms with Gasteiger partial charge in [-0.05, 0) is 31.2 Å². The number of carbonyl (C=O) groups is 1. The molecule has 0 aliphatic heterocycles. The zero-order chi connectivity index (χ0) is 19.3. The molecule has 140 valence electrons. The number of amides is 1. The summed E-state index contributed by atoms with van der Waals surface area (Å²) in [5, 5.41) is 13.3. The molecule has 0 unspecified atom stereocenters. The van der Waals surface area contributed by atoms with Gasteiger partial charge in [-0.1, -0.05) is 0 Å². The molecule has 0 bridgehead atoms. The Morgan fingerprint density at radius 3 is 2.46 bits per heavy atom. The highest BCUT2D eigenvalue weighted by molar-refractivity contribution is 7.89. The highest BCUT2D eigenvalue weighted by Gasteiger charge is 2.19. The monoisotopic (exact) mass is 399 g/mol. The van der Waals surface area contributed by atoms with Gasteiger partial charge in [-0.25, -0.2) is 13.1 Å². The van der Waals surface area contributed by atoms with Crippen molar-refractivity contribution in [1.82, 2.24) is 10.0 Å². The summed E-state index contributed by atoms with van der Waals surface area (Å²) < 4.78 is 31.6. The Morgan fingerprint density at radius 2 is 1.92 bits per heavy atom. The van der Waals surface area contributed by atoms with Crippen LogP contribution in [0.3, 0.4) is 0 Å². The molecule has 2 rings (SSSR count). The molecule has 9 nitrogen and oxygen atoms in total. The first-order chi connectivity index (χ1) is 12.2. The Bertz CT molecular complexity index is 906. The number of methoxy groups -OCH3 is 1. The predicted octanol–water partition coefficient (Wildman–Crippen LogP) is 1.68. The summed E-state index contributed by atoms with van der Waals surface area (Å²) in [6.45, 7) is 1.58. The van der Waals surface area contributed by atoms with Crippen LogP contribution >= 0.6 is 11.3 Å². The minimum Gasteiger partial charge on any atom is -0.497 e. The lowest BCUT2D eigenvalue weighted by atomic mass is 10.3. The Kier molecular flexibility index (Phi) is 6.29. The average molecular weight is 399 g/mol. The molecule has 0 fully saturated rings. The summed E-state index contributed by atoms with van der Waals surface area (Å²) in [5.41, 5.74) is -0.111. The third-order valence-corrected chi connectivity index (χ3v) is 5.90. The molecule has 0 spiro atoms. The number of thiophene rings is 1. The number of ether oxygens (including phenoxy) is 1. The summed E-state index contributed by atoms with van der Waals surface area (Å²) in [7, 11) is -2.22. The number of nitrogens with one attached hydrogen (secondary N) is 2. The van der Waals surface area contributed by atoms with Gasteiger partial charge >= 0.3 is 0 Å². The van der Waals surface area contributed by atoms with Gasteiger partial charge < -0.3 is 10.1 Å². The molecule has 1 aromatic carbocycles. The van der Waals surface area contributed by atoms with E-state index in [2.05, 4.69) is 10.0 Å². The van der Waals surface area contributed by atoms with Crippen LogP contribution in [0.2, 0.25) is 0 Å². The van der Waals surface area contributed by atoms with Gasteiger partial charge in [-0.2, -0.15) is 0 Å². The van der Waals surface area contributed by atoms with Crippen molar-refractivity contribution in [2.45, 2.75) is 11.8 Å². The van der Waals surface area contributed by atoms with Crippen molar-refractivity contribution in [2.75, 3.05) is 20.2 Å². The number of carbonyl (C=O) groups excluding carboxylic acids is 1. The normalized spacial score (nSPS) is 11.2. The van der Waals surface area contributed by atoms with Gasteiger partial charge in [0, 0.05) is 19.2 Å². The molecule has 0 aliphatic carbocycles. The van der Waals surface area contributed by atoms with E-state index >= 15 is 0 Å². The van der Waals surface area contributed by atoms with Gasteiger partial charge in [0.1, 0.15) is 5.75 Å². The maximum absolute atomic E-state index is 12.1. The zero-order valence-electron chi connectivity index (χ0n) is 14.0. The van der Waals surface area contributed by atoms with E-state index in [0.29, 0.717) is 10.6 Å². The average Bonchev–Trinajstić information content (AvgIpc) is 3.01. The van der Waals surface area contributed by atoms with Crippen molar-refractivity contribution in [3.63, 3.8) is 0 Å². The molecule has 2 aromatic rings. The maximum atomic E-state index is 12.1. The second-order valence-electron chi connectivity index (χ2n) is 5.14. The molecule has 1 aromatic heterocycles. The van der Waals surface area contributed by atoms with Crippen molar-refractivity contribution >= 4 is 33.0 Å². The molecule has 0 aliphatic rings. The van der Waals surface area contributed by atoms with E-state index in [1.54, 1.807) is 6.92 Å². The fraction of sp³-hybridized carbons (Fsp3) is 0.267. The Balaban J connectivity index is 1.88. The van der Waals surface area contributed by atoms with E-state index < -0.39 is 20.9 Å². The number of nitro groups is 1. The predicted molar refractivity (Wildman–Crippen MR) is 96.2 cm³/mol. The highest BCUT2D eigenvalue weighted by Crippen LogP contribution is 2.27. The molecule has 1 heterocycles. The van der Waals surface area contributed by atoms with Crippen molar-refractivity contribution in [3.8, 4) is 5.75 Å². The fourth-order valence-corrected chi connectivity index (χ4v) is 3.99. The molecule has 0 saturated heterocycles. The van der Waals surface area contributed by atoms with Crippen LogP contribution in [0.25, 0.3) is 0 Å². The molecule has 11 heteroatoms. The van der Waals surface area contributed by atoms with Crippen LogP contribution in [0.5, 0.6) is 5.75 Å². The molecule has 1 amide bonds. The van der Waals surface area contributed by atoms with Crippen molar-refractivity contribution < 1.29 is 22.9 Å². The van der Waals surface area contributed by atoms with Gasteiger partial charge in [-0.3, -0.25) is 14.9 Å². The third kappa shape index (κ3) is 4.77. The Hall–Kier alpha value is -2.50. The van der Waals surface area contributed by atoms with Gasteiger partial charge in [0.2, 0.25) is 10.0 Å². The van der Waals surface area contributed by atoms with Gasteiger partial charge in [0.25, 0.3) is 11.6 Å². The topological polar surface area (TPSA) is 128 Å². The van der Waals surface area contributed by atoms with Crippen molar-refractivity contribution in [3.05, 3.63) is 50.2 Å². The molecular formula is C15H17N3O6S2. The number of hydrogen-bond donors (Lipinski definition) is 2. The Labute approximate surface area is 154 Å². The number of aryl methyl sites for hydroxylation is 1. The zero-order valence-corrected chi connectivity index (χ0v) is 15.6. The maximum Gasteiger partial charge on any atom is 0.283 e. The summed E-state index contributed by atoms with van der Waals surface area (Å²) in [6, 6.07) is 7.09. The molecule has 0 saturated carbocycles. The van der Waals surface area contributed by atoms with Crippen LogP contribution in [0.1, 0.15) is 14.5 Å². The number of rotatable bonds is 8. The summed E-state index contributed by atoms with van der Waals surface area (Å²) >= 11 is 1.01. The van der Waals surface area contributed by atoms with Crippen LogP contribution in [-0.4, -0.2) is 39.4 Å². The molecule has 0 radical (unpaired) electrons. The van der Waals surface area contributed by atoms with E-state index in [-0.39, 0.29) is 28.5 Å². The lowest BCUT2D eigenvalue weighted by Gasteiger charge is -2.08. The van der Waals surface area contributed by atoms with Crippen LogP contribution in [0, 0.1) is 17.0 Å². The van der Waals surface area contributed by atoms with Crippen molar-refractivity contribution in [2.24, 2.45) is 0 Å². The van der Waals surface area contributed by atoms with E-state index in [1.807, 2.05) is 0 Å². The fourth-order valence-electron chi connectivity index (χ4n) is 2.05. The van der Waals surface area contributed by atoms with Gasteiger partial charge in [0.15, 0.2) is 0 Å². The van der Waals surface area contributed by atoms with Crippen LogP contribution in [-0.2, 0) is 10.0 Å². The molecule has 0 atom stereocenters. The van der Waals surface area contributed by atoms with Crippen molar-refractivity contribution in [1.29, 1.82) is 0 Å². The summed E-state index contributed by atoms with van der Waals surface area (Å²) in [6.07, 6.45) is 0. The number of sulfonamides is 1. The van der Waals surface area contributed by atoms with Crippen LogP contribution < -0.4 is 14.8 Å². The first-order valence-electron chi connectivity index (χ1n) is 7.41. The number of hydrogen-bond acceptors (Lipinski definition) is 7. The first kappa shape index (κ1) is 19.8. The standard InChI is InChI=1S/C15H17N3O6S2/c1-10-13(18(20)21)9-14(25-10)15(19)16-7-8-17-26(22,23)12-5-3-11(24-2)4-6-12/h3-6,9,17H,7-8H2,1-2H3,(H,16,19). The third-order valence-electron chi connectivity index (χ3n) is 3.38. The SMILES string of the molecule is COc1ccc(S(=O)(=O)NCCNC(=O)c2cc([N+](=O)[O-])c(C)s2)cc1. The smallest absolute Gasteiger partial charge is 0.283 e. The quantitative estimate of drug-likeness (QED) is 0.395. The van der Waals surface area contributed by atoms with Gasteiger partial charge in [-0.15, -0.1) is 11.3 Å². The van der Waals surface area contributed by atoms with Crippen LogP contribution in [0.4, 0.5) is 5.69 Å². The second kappa shape index (κ2) is 8.25. The number of nitrogens with zero attached hydrogens (tertiary/aromatic N) is 1. The highest BCUT2D eigenvalue weighted by atomic mass is 32.2. The van der Waals surface area contributed by atoms with Crippen LogP contribution in [0.15, 0.2) is 35.2 Å². The summed E-state index contributed by atoms with van der Waals surface area (Å²) in [5.74, 6) is 0.0476. The minimum atomic E-state index is -3.71. The van der Waals surface area contributed by atoms with E-state index in [0.717, 1.165) is 11.3 Å². The summed E-state index contributed by atoms with van der Waals surface area (Å²) in [4.78, 5) is 22.9. The van der Waals surface area contributed by atoms with E-state index in [4.69, 9.17) is 4.74 Å². The lowest BCUT2D eigenvalue weighted by molar-refractivity contribution is -0.385. The Morgan fingerprint density at radius 1 is 1.27 bits per heavy atom. The van der Waals surface area contributed by atoms with E-state index in [9.17, 15) is 23.3 Å². The van der Waals surface area contributed by atoms with Gasteiger partial charge in [0.05, 0.1) is 26.7 Å². The molecular weight excluding hydrogens is 382 g/mol. The molecule has 26 heavy (non-hydrogen) atoms. The number of benzene rings is 1. The second-order valence-corrected chi connectivity index (χ2v) is 8.16. The minimum absolute atomic E-state index is 0.0213. The largest absolute Gasteiger partial charge is 0.497 e. The molecule has 2 N–H and O–H groups in total.